The zero-order chi connectivity index (χ0) is 14.5. The Balaban J connectivity index is 1.97. The molecule has 0 radical (unpaired) electrons. The third kappa shape index (κ3) is 3.81. The second kappa shape index (κ2) is 6.86. The predicted octanol–water partition coefficient (Wildman–Crippen LogP) is 2.60. The van der Waals surface area contributed by atoms with Crippen molar-refractivity contribution in [3.05, 3.63) is 29.3 Å². The number of ketones is 1. The second-order valence-corrected chi connectivity index (χ2v) is 5.33. The van der Waals surface area contributed by atoms with E-state index in [1.165, 1.54) is 0 Å². The molecule has 1 aromatic rings. The highest BCUT2D eigenvalue weighted by Crippen LogP contribution is 2.23. The minimum atomic E-state index is 0.0290. The van der Waals surface area contributed by atoms with Gasteiger partial charge in [-0.3, -0.25) is 9.69 Å². The first-order chi connectivity index (χ1) is 9.60. The van der Waals surface area contributed by atoms with Crippen LogP contribution in [0.25, 0.3) is 0 Å². The fourth-order valence-corrected chi connectivity index (χ4v) is 2.64. The van der Waals surface area contributed by atoms with Gasteiger partial charge in [-0.2, -0.15) is 0 Å². The summed E-state index contributed by atoms with van der Waals surface area (Å²) in [7, 11) is 0. The van der Waals surface area contributed by atoms with Crippen LogP contribution in [0.2, 0.25) is 0 Å². The fourth-order valence-electron chi connectivity index (χ4n) is 2.64. The summed E-state index contributed by atoms with van der Waals surface area (Å²) < 4.78 is 5.63. The van der Waals surface area contributed by atoms with Crippen molar-refractivity contribution < 1.29 is 14.6 Å². The van der Waals surface area contributed by atoms with E-state index in [0.29, 0.717) is 18.2 Å². The van der Waals surface area contributed by atoms with Crippen LogP contribution < -0.4 is 0 Å². The number of piperidine rings is 1. The molecule has 1 aliphatic heterocycles. The lowest BCUT2D eigenvalue weighted by Crippen LogP contribution is -2.36. The number of phenols is 1. The topological polar surface area (TPSA) is 49.8 Å². The van der Waals surface area contributed by atoms with Crippen LogP contribution in [0, 0.1) is 0 Å². The van der Waals surface area contributed by atoms with Crippen molar-refractivity contribution in [2.24, 2.45) is 0 Å². The molecule has 110 valence electrons. The van der Waals surface area contributed by atoms with Crippen LogP contribution in [0.15, 0.2) is 18.2 Å². The quantitative estimate of drug-likeness (QED) is 0.840. The molecule has 2 rings (SSSR count). The van der Waals surface area contributed by atoms with Gasteiger partial charge in [-0.05, 0) is 44.9 Å². The zero-order valence-electron chi connectivity index (χ0n) is 12.3. The van der Waals surface area contributed by atoms with Gasteiger partial charge < -0.3 is 9.84 Å². The lowest BCUT2D eigenvalue weighted by atomic mass is 10.0. The van der Waals surface area contributed by atoms with Crippen LogP contribution >= 0.6 is 0 Å². The number of rotatable bonds is 5. The number of aromatic hydroxyl groups is 1. The maximum atomic E-state index is 11.4. The third-order valence-corrected chi connectivity index (χ3v) is 3.82. The molecule has 1 aromatic carbocycles. The number of phenolic OH excluding ortho intramolecular Hbond substituents is 1. The van der Waals surface area contributed by atoms with E-state index in [-0.39, 0.29) is 11.5 Å². The molecule has 0 spiro atoms. The lowest BCUT2D eigenvalue weighted by molar-refractivity contribution is 0.0124. The van der Waals surface area contributed by atoms with Crippen molar-refractivity contribution in [3.8, 4) is 5.75 Å². The molecule has 1 heterocycles. The Morgan fingerprint density at radius 2 is 2.10 bits per heavy atom. The molecule has 4 heteroatoms. The average molecular weight is 277 g/mol. The third-order valence-electron chi connectivity index (χ3n) is 3.82. The first-order valence-electron chi connectivity index (χ1n) is 7.27. The van der Waals surface area contributed by atoms with Gasteiger partial charge >= 0.3 is 0 Å². The Morgan fingerprint density at radius 1 is 1.40 bits per heavy atom. The van der Waals surface area contributed by atoms with E-state index in [1.54, 1.807) is 25.1 Å². The number of carbonyl (C=O) groups excluding carboxylic acids is 1. The highest BCUT2D eigenvalue weighted by molar-refractivity contribution is 5.94. The van der Waals surface area contributed by atoms with Gasteiger partial charge in [0.2, 0.25) is 0 Å². The minimum Gasteiger partial charge on any atom is -0.508 e. The number of hydrogen-bond acceptors (Lipinski definition) is 4. The van der Waals surface area contributed by atoms with E-state index in [1.807, 2.05) is 6.92 Å². The molecule has 0 unspecified atom stereocenters. The summed E-state index contributed by atoms with van der Waals surface area (Å²) in [5.41, 5.74) is 1.48. The van der Waals surface area contributed by atoms with E-state index in [0.717, 1.165) is 38.1 Å². The predicted molar refractivity (Wildman–Crippen MR) is 78.0 cm³/mol. The molecule has 20 heavy (non-hydrogen) atoms. The molecule has 0 atom stereocenters. The molecule has 1 aliphatic rings. The first-order valence-corrected chi connectivity index (χ1v) is 7.27. The number of Topliss-reactive ketones (excluding diaryl/α,β-unsaturated/α-hetero) is 1. The first kappa shape index (κ1) is 15.0. The van der Waals surface area contributed by atoms with Gasteiger partial charge in [0.25, 0.3) is 0 Å². The monoisotopic (exact) mass is 277 g/mol. The van der Waals surface area contributed by atoms with Gasteiger partial charge in [0.15, 0.2) is 5.78 Å². The SMILES string of the molecule is CCOC1CCN(Cc2cc(C(C)=O)ccc2O)CC1. The molecule has 1 N–H and O–H groups in total. The van der Waals surface area contributed by atoms with Crippen LogP contribution in [0.4, 0.5) is 0 Å². The van der Waals surface area contributed by atoms with Crippen molar-refractivity contribution in [1.82, 2.24) is 4.90 Å². The van der Waals surface area contributed by atoms with Gasteiger partial charge in [0, 0.05) is 37.4 Å². The number of hydrogen-bond donors (Lipinski definition) is 1. The van der Waals surface area contributed by atoms with E-state index >= 15 is 0 Å². The summed E-state index contributed by atoms with van der Waals surface area (Å²) in [5, 5.41) is 9.92. The molecule has 0 aliphatic carbocycles. The number of nitrogens with zero attached hydrogens (tertiary/aromatic N) is 1. The Bertz CT molecular complexity index is 465. The summed E-state index contributed by atoms with van der Waals surface area (Å²) in [4.78, 5) is 13.7. The molecule has 0 aromatic heterocycles. The Labute approximate surface area is 120 Å². The van der Waals surface area contributed by atoms with Crippen LogP contribution in [0.1, 0.15) is 42.6 Å². The molecule has 1 fully saturated rings. The van der Waals surface area contributed by atoms with E-state index in [9.17, 15) is 9.90 Å². The number of carbonyl (C=O) groups is 1. The van der Waals surface area contributed by atoms with Gasteiger partial charge in [-0.1, -0.05) is 0 Å². The number of likely N-dealkylation sites (tertiary alicyclic amines) is 1. The van der Waals surface area contributed by atoms with Gasteiger partial charge in [-0.15, -0.1) is 0 Å². The number of ether oxygens (including phenoxy) is 1. The molecular weight excluding hydrogens is 254 g/mol. The highest BCUT2D eigenvalue weighted by atomic mass is 16.5. The highest BCUT2D eigenvalue weighted by Gasteiger charge is 2.20. The van der Waals surface area contributed by atoms with Crippen LogP contribution in [-0.4, -0.2) is 41.6 Å². The summed E-state index contributed by atoms with van der Waals surface area (Å²) in [6.07, 6.45) is 2.43. The Morgan fingerprint density at radius 3 is 2.70 bits per heavy atom. The summed E-state index contributed by atoms with van der Waals surface area (Å²) in [6, 6.07) is 5.08. The maximum absolute atomic E-state index is 11.4. The number of benzene rings is 1. The van der Waals surface area contributed by atoms with Crippen molar-refractivity contribution >= 4 is 5.78 Å². The molecule has 4 nitrogen and oxygen atoms in total. The van der Waals surface area contributed by atoms with E-state index in [2.05, 4.69) is 4.90 Å². The second-order valence-electron chi connectivity index (χ2n) is 5.33. The molecular formula is C16H23NO3. The minimum absolute atomic E-state index is 0.0290. The molecule has 1 saturated heterocycles. The summed E-state index contributed by atoms with van der Waals surface area (Å²) in [5.74, 6) is 0.295. The largest absolute Gasteiger partial charge is 0.508 e. The normalized spacial score (nSPS) is 17.3. The van der Waals surface area contributed by atoms with Crippen molar-refractivity contribution in [1.29, 1.82) is 0 Å². The zero-order valence-corrected chi connectivity index (χ0v) is 12.3. The Kier molecular flexibility index (Phi) is 5.15. The van der Waals surface area contributed by atoms with E-state index in [4.69, 9.17) is 4.74 Å². The smallest absolute Gasteiger partial charge is 0.159 e. The van der Waals surface area contributed by atoms with Crippen molar-refractivity contribution in [2.45, 2.75) is 39.3 Å². The van der Waals surface area contributed by atoms with Gasteiger partial charge in [-0.25, -0.2) is 0 Å². The van der Waals surface area contributed by atoms with Gasteiger partial charge in [0.05, 0.1) is 6.10 Å². The van der Waals surface area contributed by atoms with Crippen LogP contribution in [0.5, 0.6) is 5.75 Å². The van der Waals surface area contributed by atoms with Crippen LogP contribution in [-0.2, 0) is 11.3 Å². The van der Waals surface area contributed by atoms with Gasteiger partial charge in [0.1, 0.15) is 5.75 Å². The van der Waals surface area contributed by atoms with Crippen molar-refractivity contribution in [2.75, 3.05) is 19.7 Å². The fraction of sp³-hybridized carbons (Fsp3) is 0.562. The molecule has 0 bridgehead atoms. The van der Waals surface area contributed by atoms with E-state index < -0.39 is 0 Å². The average Bonchev–Trinajstić information content (AvgIpc) is 2.43. The summed E-state index contributed by atoms with van der Waals surface area (Å²) >= 11 is 0. The Hall–Kier alpha value is -1.39. The lowest BCUT2D eigenvalue weighted by Gasteiger charge is -2.31. The van der Waals surface area contributed by atoms with Crippen LogP contribution in [0.3, 0.4) is 0 Å². The maximum Gasteiger partial charge on any atom is 0.159 e. The standard InChI is InChI=1S/C16H23NO3/c1-3-20-15-6-8-17(9-7-15)11-14-10-13(12(2)18)4-5-16(14)19/h4-5,10,15,19H,3,6-9,11H2,1-2H3. The molecule has 0 amide bonds. The molecule has 0 saturated carbocycles. The van der Waals surface area contributed by atoms with Crippen molar-refractivity contribution in [3.63, 3.8) is 0 Å². The summed E-state index contributed by atoms with van der Waals surface area (Å²) in [6.45, 7) is 6.96.